The number of rotatable bonds is 5. The van der Waals surface area contributed by atoms with Crippen molar-refractivity contribution in [3.8, 4) is 11.1 Å². The number of nitrogens with zero attached hydrogens (tertiary/aromatic N) is 5. The van der Waals surface area contributed by atoms with Crippen molar-refractivity contribution in [3.05, 3.63) is 60.1 Å². The molecule has 0 radical (unpaired) electrons. The van der Waals surface area contributed by atoms with Gasteiger partial charge in [0.25, 0.3) is 0 Å². The highest BCUT2D eigenvalue weighted by atomic mass is 16.1. The summed E-state index contributed by atoms with van der Waals surface area (Å²) in [6.07, 6.45) is 11.2. The number of aromatic nitrogens is 5. The molecule has 7 heterocycles. The number of nitrogens with one attached hydrogen (secondary N) is 4. The molecular weight excluding hydrogens is 466 g/mol. The summed E-state index contributed by atoms with van der Waals surface area (Å²) >= 11 is 0. The number of anilines is 3. The first-order chi connectivity index (χ1) is 18.2. The number of hydrogen-bond acceptors (Lipinski definition) is 8. The third-order valence-corrected chi connectivity index (χ3v) is 7.16. The van der Waals surface area contributed by atoms with Crippen molar-refractivity contribution in [2.45, 2.75) is 38.8 Å². The molecule has 4 N–H and O–H groups in total. The van der Waals surface area contributed by atoms with E-state index in [0.717, 1.165) is 69.5 Å². The van der Waals surface area contributed by atoms with Gasteiger partial charge in [0.2, 0.25) is 5.91 Å². The molecule has 0 aromatic carbocycles. The summed E-state index contributed by atoms with van der Waals surface area (Å²) in [4.78, 5) is 36.6. The molecule has 1 unspecified atom stereocenters. The molecule has 7 rings (SSSR count). The van der Waals surface area contributed by atoms with Crippen molar-refractivity contribution in [1.29, 1.82) is 0 Å². The van der Waals surface area contributed by atoms with E-state index in [-0.39, 0.29) is 12.1 Å². The number of hydrogen-bond donors (Lipinski definition) is 4. The van der Waals surface area contributed by atoms with Gasteiger partial charge in [0.05, 0.1) is 28.7 Å². The summed E-state index contributed by atoms with van der Waals surface area (Å²) in [6, 6.07) is 6.01. The van der Waals surface area contributed by atoms with E-state index in [1.807, 2.05) is 31.5 Å². The van der Waals surface area contributed by atoms with Gasteiger partial charge in [-0.3, -0.25) is 9.78 Å². The number of H-pyrrole nitrogens is 1. The Morgan fingerprint density at radius 2 is 1.95 bits per heavy atom. The SMILES string of the molecule is CCC(=O)Nc1cncc(-c2cnc3c(c2)C(c2nc4c(N5CCCCC5)nccc4[nH]2)=C2NC2N3)c1. The average molecular weight is 494 g/mol. The molecule has 2 saturated heterocycles. The molecule has 2 fully saturated rings. The number of imidazole rings is 1. The number of piperidine rings is 1. The van der Waals surface area contributed by atoms with Crippen LogP contribution in [0.4, 0.5) is 17.3 Å². The van der Waals surface area contributed by atoms with Crippen LogP contribution >= 0.6 is 0 Å². The zero-order valence-electron chi connectivity index (χ0n) is 20.5. The molecule has 3 aliphatic heterocycles. The number of carbonyl (C=O) groups is 1. The van der Waals surface area contributed by atoms with Gasteiger partial charge in [-0.25, -0.2) is 15.0 Å². The molecular formula is C27H27N9O. The summed E-state index contributed by atoms with van der Waals surface area (Å²) < 4.78 is 0. The van der Waals surface area contributed by atoms with E-state index in [1.54, 1.807) is 12.4 Å². The van der Waals surface area contributed by atoms with Crippen LogP contribution in [-0.4, -0.2) is 50.1 Å². The summed E-state index contributed by atoms with van der Waals surface area (Å²) in [5.74, 6) is 2.50. The van der Waals surface area contributed by atoms with E-state index in [0.29, 0.717) is 12.1 Å². The lowest BCUT2D eigenvalue weighted by atomic mass is 9.99. The number of pyridine rings is 3. The highest BCUT2D eigenvalue weighted by molar-refractivity contribution is 5.96. The summed E-state index contributed by atoms with van der Waals surface area (Å²) in [5.41, 5.74) is 7.39. The molecule has 0 saturated carbocycles. The van der Waals surface area contributed by atoms with Gasteiger partial charge in [-0.1, -0.05) is 6.92 Å². The fourth-order valence-electron chi connectivity index (χ4n) is 5.20. The van der Waals surface area contributed by atoms with Crippen LogP contribution in [0.5, 0.6) is 0 Å². The lowest BCUT2D eigenvalue weighted by Crippen LogP contribution is -2.30. The molecule has 3 aliphatic rings. The highest BCUT2D eigenvalue weighted by Gasteiger charge is 2.40. The molecule has 1 amide bonds. The van der Waals surface area contributed by atoms with Crippen LogP contribution in [0.15, 0.2) is 48.7 Å². The first kappa shape index (κ1) is 21.8. The Kier molecular flexibility index (Phi) is 5.05. The van der Waals surface area contributed by atoms with Crippen LogP contribution < -0.4 is 20.9 Å². The Balaban J connectivity index is 1.29. The predicted octanol–water partition coefficient (Wildman–Crippen LogP) is 3.87. The van der Waals surface area contributed by atoms with Gasteiger partial charge in [-0.15, -0.1) is 0 Å². The van der Waals surface area contributed by atoms with Crippen molar-refractivity contribution < 1.29 is 4.79 Å². The maximum Gasteiger partial charge on any atom is 0.224 e. The molecule has 1 atom stereocenters. The Bertz CT molecular complexity index is 1570. The maximum absolute atomic E-state index is 11.9. The van der Waals surface area contributed by atoms with Gasteiger partial charge in [0, 0.05) is 54.8 Å². The summed E-state index contributed by atoms with van der Waals surface area (Å²) in [5, 5.41) is 9.75. The zero-order chi connectivity index (χ0) is 24.9. The Morgan fingerprint density at radius 3 is 2.81 bits per heavy atom. The second-order valence-corrected chi connectivity index (χ2v) is 9.66. The van der Waals surface area contributed by atoms with E-state index >= 15 is 0 Å². The van der Waals surface area contributed by atoms with Gasteiger partial charge in [-0.05, 0) is 37.5 Å². The zero-order valence-corrected chi connectivity index (χ0v) is 20.5. The first-order valence-electron chi connectivity index (χ1n) is 12.8. The van der Waals surface area contributed by atoms with Gasteiger partial charge in [0.1, 0.15) is 23.3 Å². The van der Waals surface area contributed by atoms with Gasteiger partial charge < -0.3 is 25.8 Å². The quantitative estimate of drug-likeness (QED) is 0.308. The van der Waals surface area contributed by atoms with Crippen molar-refractivity contribution in [2.24, 2.45) is 0 Å². The van der Waals surface area contributed by atoms with Crippen molar-refractivity contribution in [3.63, 3.8) is 0 Å². The van der Waals surface area contributed by atoms with Gasteiger partial charge in [0.15, 0.2) is 5.82 Å². The smallest absolute Gasteiger partial charge is 0.224 e. The maximum atomic E-state index is 11.9. The average Bonchev–Trinajstić information content (AvgIpc) is 3.58. The number of amides is 1. The molecule has 0 spiro atoms. The Morgan fingerprint density at radius 1 is 1.08 bits per heavy atom. The lowest BCUT2D eigenvalue weighted by molar-refractivity contribution is -0.115. The van der Waals surface area contributed by atoms with Crippen LogP contribution in [0.2, 0.25) is 0 Å². The number of carbonyl (C=O) groups excluding carboxylic acids is 1. The van der Waals surface area contributed by atoms with E-state index in [9.17, 15) is 4.79 Å². The lowest BCUT2D eigenvalue weighted by Gasteiger charge is -2.27. The van der Waals surface area contributed by atoms with Crippen molar-refractivity contribution in [1.82, 2.24) is 30.2 Å². The Hall–Kier alpha value is -4.47. The van der Waals surface area contributed by atoms with Crippen LogP contribution in [-0.2, 0) is 4.79 Å². The summed E-state index contributed by atoms with van der Waals surface area (Å²) in [7, 11) is 0. The fourth-order valence-corrected chi connectivity index (χ4v) is 5.20. The number of fused-ring (bicyclic) bond motifs is 3. The molecule has 0 aliphatic carbocycles. The van der Waals surface area contributed by atoms with E-state index in [1.165, 1.54) is 19.3 Å². The minimum Gasteiger partial charge on any atom is -0.360 e. The van der Waals surface area contributed by atoms with Crippen LogP contribution in [0.25, 0.3) is 27.7 Å². The van der Waals surface area contributed by atoms with E-state index in [2.05, 4.69) is 36.9 Å². The molecule has 37 heavy (non-hydrogen) atoms. The van der Waals surface area contributed by atoms with E-state index < -0.39 is 0 Å². The van der Waals surface area contributed by atoms with Crippen LogP contribution in [0.3, 0.4) is 0 Å². The van der Waals surface area contributed by atoms with E-state index in [4.69, 9.17) is 15.0 Å². The molecule has 10 nitrogen and oxygen atoms in total. The third kappa shape index (κ3) is 3.85. The van der Waals surface area contributed by atoms with Gasteiger partial charge in [-0.2, -0.15) is 0 Å². The largest absolute Gasteiger partial charge is 0.360 e. The van der Waals surface area contributed by atoms with Gasteiger partial charge >= 0.3 is 0 Å². The fraction of sp³-hybridized carbons (Fsp3) is 0.296. The monoisotopic (exact) mass is 493 g/mol. The Labute approximate surface area is 213 Å². The standard InChI is InChI=1S/C27H27N9O/c1-2-20(37)31-17-10-15(12-28-14-17)16-11-18-21(23-26(34-23)35-24(18)30-13-16)25-32-19-6-7-29-27(22(19)33-25)36-8-4-3-5-9-36/h6-7,10-14,26,34H,2-5,8-9H2,1H3,(H,30,35)(H,31,37)(H,32,33). The minimum absolute atomic E-state index is 0.0483. The highest BCUT2D eigenvalue weighted by Crippen LogP contribution is 2.42. The predicted molar refractivity (Wildman–Crippen MR) is 143 cm³/mol. The van der Waals surface area contributed by atoms with Crippen molar-refractivity contribution >= 4 is 39.8 Å². The normalized spacial score (nSPS) is 18.1. The second kappa shape index (κ2) is 8.58. The van der Waals surface area contributed by atoms with Crippen LogP contribution in [0, 0.1) is 0 Å². The third-order valence-electron chi connectivity index (χ3n) is 7.16. The molecule has 4 aromatic heterocycles. The van der Waals surface area contributed by atoms with Crippen molar-refractivity contribution in [2.75, 3.05) is 28.6 Å². The minimum atomic E-state index is -0.0483. The second-order valence-electron chi connectivity index (χ2n) is 9.66. The van der Waals surface area contributed by atoms with Crippen LogP contribution in [0.1, 0.15) is 44.0 Å². The topological polar surface area (TPSA) is 134 Å². The first-order valence-corrected chi connectivity index (χ1v) is 12.8. The molecule has 186 valence electrons. The molecule has 4 aromatic rings. The summed E-state index contributed by atoms with van der Waals surface area (Å²) in [6.45, 7) is 3.85. The number of aromatic amines is 1. The molecule has 10 heteroatoms. The molecule has 0 bridgehead atoms.